The fraction of sp³-hybridized carbons (Fsp3) is 0.373. The van der Waals surface area contributed by atoms with E-state index in [0.29, 0.717) is 0 Å². The highest BCUT2D eigenvalue weighted by Gasteiger charge is 2.61. The van der Waals surface area contributed by atoms with Crippen molar-refractivity contribution in [3.05, 3.63) is 161 Å². The van der Waals surface area contributed by atoms with Gasteiger partial charge < -0.3 is 14.7 Å². The molecule has 14 rings (SSSR count). The van der Waals surface area contributed by atoms with Gasteiger partial charge in [-0.3, -0.25) is 0 Å². The molecule has 3 aliphatic carbocycles. The van der Waals surface area contributed by atoms with Crippen LogP contribution in [0.25, 0.3) is 20.2 Å². The van der Waals surface area contributed by atoms with Crippen molar-refractivity contribution in [3.8, 4) is 0 Å². The molecule has 2 atom stereocenters. The van der Waals surface area contributed by atoms with Gasteiger partial charge in [-0.1, -0.05) is 136 Å². The molecule has 4 heterocycles. The number of benzene rings is 7. The Morgan fingerprint density at radius 1 is 0.472 bits per heavy atom. The molecule has 3 nitrogen and oxygen atoms in total. The van der Waals surface area contributed by atoms with Crippen LogP contribution in [0.4, 0.5) is 45.5 Å². The standard InChI is InChI=1S/C67H70BN3S/c1-41-36-55-60-56(37-41)71-61-48(66(10)30-14-15-31-67(66,71)11)19-16-20-52(61)68(60)51-29-26-44(40-54(51)70(55)53-21-17-23-58-59(53)45-18-12-13-22-57(45)72-58)69(42-24-27-46-49(38-42)64(6,7)34-32-62(46,2)3)43-25-28-47-50(39-43)65(8,9)35-33-63(47,4)5/h12-13,16-29,36-40H,14-15,30-35H2,1-11H3. The van der Waals surface area contributed by atoms with Crippen molar-refractivity contribution in [2.24, 2.45) is 0 Å². The lowest BCUT2D eigenvalue weighted by Crippen LogP contribution is -2.64. The topological polar surface area (TPSA) is 9.72 Å². The van der Waals surface area contributed by atoms with Crippen LogP contribution in [0.5, 0.6) is 0 Å². The average Bonchev–Trinajstić information content (AvgIpc) is 3.84. The second kappa shape index (κ2) is 14.7. The minimum Gasteiger partial charge on any atom is -0.335 e. The molecule has 0 bridgehead atoms. The third-order valence-electron chi connectivity index (χ3n) is 20.2. The van der Waals surface area contributed by atoms with Gasteiger partial charge >= 0.3 is 0 Å². The fourth-order valence-electron chi connectivity index (χ4n) is 15.6. The molecule has 0 amide bonds. The van der Waals surface area contributed by atoms with E-state index in [9.17, 15) is 0 Å². The summed E-state index contributed by atoms with van der Waals surface area (Å²) in [5.41, 5.74) is 23.9. The molecule has 5 heteroatoms. The fourth-order valence-corrected chi connectivity index (χ4v) is 16.7. The maximum atomic E-state index is 2.87. The van der Waals surface area contributed by atoms with E-state index >= 15 is 0 Å². The summed E-state index contributed by atoms with van der Waals surface area (Å²) in [7, 11) is 0. The lowest BCUT2D eigenvalue weighted by Gasteiger charge is -2.53. The van der Waals surface area contributed by atoms with Crippen LogP contribution < -0.4 is 31.1 Å². The molecule has 1 saturated carbocycles. The van der Waals surface area contributed by atoms with Crippen LogP contribution >= 0.6 is 11.3 Å². The maximum absolute atomic E-state index is 2.87. The van der Waals surface area contributed by atoms with Gasteiger partial charge in [0.05, 0.1) is 11.2 Å². The molecule has 1 fully saturated rings. The summed E-state index contributed by atoms with van der Waals surface area (Å²) in [5.74, 6) is 0. The number of nitrogens with zero attached hydrogens (tertiary/aromatic N) is 3. The van der Waals surface area contributed by atoms with Crippen molar-refractivity contribution in [3.63, 3.8) is 0 Å². The van der Waals surface area contributed by atoms with E-state index in [1.54, 1.807) is 5.56 Å². The molecule has 362 valence electrons. The number of hydrogen-bond donors (Lipinski definition) is 0. The van der Waals surface area contributed by atoms with Gasteiger partial charge in [0.2, 0.25) is 0 Å². The zero-order valence-electron chi connectivity index (χ0n) is 44.6. The van der Waals surface area contributed by atoms with Gasteiger partial charge in [-0.2, -0.15) is 0 Å². The van der Waals surface area contributed by atoms with Gasteiger partial charge in [-0.25, -0.2) is 0 Å². The molecule has 2 unspecified atom stereocenters. The van der Waals surface area contributed by atoms with Gasteiger partial charge in [0.25, 0.3) is 6.71 Å². The first-order valence-corrected chi connectivity index (χ1v) is 28.2. The molecule has 0 N–H and O–H groups in total. The molecule has 0 saturated heterocycles. The van der Waals surface area contributed by atoms with E-state index in [1.165, 1.54) is 161 Å². The van der Waals surface area contributed by atoms with Crippen LogP contribution in [-0.2, 0) is 27.1 Å². The minimum absolute atomic E-state index is 0.0213. The van der Waals surface area contributed by atoms with Crippen LogP contribution in [0.2, 0.25) is 0 Å². The van der Waals surface area contributed by atoms with Crippen LogP contribution in [-0.4, -0.2) is 12.3 Å². The maximum Gasteiger partial charge on any atom is 0.252 e. The van der Waals surface area contributed by atoms with Crippen molar-refractivity contribution < 1.29 is 0 Å². The number of rotatable bonds is 4. The molecule has 8 aromatic rings. The van der Waals surface area contributed by atoms with Gasteiger partial charge in [-0.15, -0.1) is 11.3 Å². The Bertz CT molecular complexity index is 3570. The normalized spacial score (nSPS) is 23.2. The summed E-state index contributed by atoms with van der Waals surface area (Å²) in [4.78, 5) is 8.21. The Kier molecular flexibility index (Phi) is 9.17. The van der Waals surface area contributed by atoms with E-state index in [-0.39, 0.29) is 39.3 Å². The Morgan fingerprint density at radius 2 is 1.06 bits per heavy atom. The van der Waals surface area contributed by atoms with Crippen molar-refractivity contribution in [1.29, 1.82) is 0 Å². The van der Waals surface area contributed by atoms with Crippen molar-refractivity contribution in [1.82, 2.24) is 0 Å². The molecule has 6 aliphatic rings. The average molecular weight is 960 g/mol. The number of thiophene rings is 1. The quantitative estimate of drug-likeness (QED) is 0.163. The SMILES string of the molecule is Cc1cc2c3c(c1)N1c4c(cccc4C4(C)CCCCC14C)B3c1ccc(N(c3ccc4c(c3)C(C)(C)CCC4(C)C)c3ccc4c(c3)C(C)(C)CCC4(C)C)cc1N2c1cccc2sc3ccccc3c12. The highest BCUT2D eigenvalue weighted by Crippen LogP contribution is 2.62. The first kappa shape index (κ1) is 44.9. The highest BCUT2D eigenvalue weighted by atomic mass is 32.1. The molecule has 0 radical (unpaired) electrons. The second-order valence-corrected chi connectivity index (χ2v) is 27.3. The predicted octanol–water partition coefficient (Wildman–Crippen LogP) is 16.9. The third kappa shape index (κ3) is 5.92. The first-order valence-electron chi connectivity index (χ1n) is 27.3. The monoisotopic (exact) mass is 960 g/mol. The molecule has 0 spiro atoms. The number of para-hydroxylation sites is 1. The smallest absolute Gasteiger partial charge is 0.252 e. The molecular weight excluding hydrogens is 890 g/mol. The Morgan fingerprint density at radius 3 is 1.75 bits per heavy atom. The third-order valence-corrected chi connectivity index (χ3v) is 21.3. The number of anilines is 8. The van der Waals surface area contributed by atoms with E-state index in [4.69, 9.17) is 0 Å². The zero-order chi connectivity index (χ0) is 49.6. The Labute approximate surface area is 433 Å². The summed E-state index contributed by atoms with van der Waals surface area (Å²) >= 11 is 1.92. The summed E-state index contributed by atoms with van der Waals surface area (Å²) in [5, 5.41) is 2.67. The van der Waals surface area contributed by atoms with E-state index in [1.807, 2.05) is 11.3 Å². The Balaban J connectivity index is 1.07. The minimum atomic E-state index is -0.0213. The Hall–Kier alpha value is -5.78. The van der Waals surface area contributed by atoms with Gasteiger partial charge in [-0.05, 0) is 191 Å². The summed E-state index contributed by atoms with van der Waals surface area (Å²) < 4.78 is 2.66. The van der Waals surface area contributed by atoms with Crippen molar-refractivity contribution >= 4 is 100 Å². The van der Waals surface area contributed by atoms with Crippen LogP contribution in [0, 0.1) is 6.92 Å². The van der Waals surface area contributed by atoms with Gasteiger partial charge in [0, 0.05) is 65.4 Å². The molecule has 3 aliphatic heterocycles. The number of fused-ring (bicyclic) bond motifs is 12. The second-order valence-electron chi connectivity index (χ2n) is 26.2. The molecule has 7 aromatic carbocycles. The van der Waals surface area contributed by atoms with Crippen molar-refractivity contribution in [2.75, 3.05) is 14.7 Å². The van der Waals surface area contributed by atoms with Crippen LogP contribution in [0.3, 0.4) is 0 Å². The summed E-state index contributed by atoms with van der Waals surface area (Å²) in [6, 6.07) is 51.2. The summed E-state index contributed by atoms with van der Waals surface area (Å²) in [6.45, 7) is 27.3. The number of aryl methyl sites for hydroxylation is 1. The lowest BCUT2D eigenvalue weighted by atomic mass is 9.33. The van der Waals surface area contributed by atoms with E-state index in [2.05, 4.69) is 218 Å². The molecular formula is C67H70BN3S. The molecule has 1 aromatic heterocycles. The van der Waals surface area contributed by atoms with Crippen molar-refractivity contribution in [2.45, 2.75) is 160 Å². The number of hydrogen-bond acceptors (Lipinski definition) is 4. The molecule has 72 heavy (non-hydrogen) atoms. The predicted molar refractivity (Wildman–Crippen MR) is 311 cm³/mol. The van der Waals surface area contributed by atoms with E-state index < -0.39 is 0 Å². The summed E-state index contributed by atoms with van der Waals surface area (Å²) in [6.07, 6.45) is 9.72. The zero-order valence-corrected chi connectivity index (χ0v) is 45.4. The van der Waals surface area contributed by atoms with Gasteiger partial charge in [0.15, 0.2) is 0 Å². The first-order chi connectivity index (χ1) is 34.3. The van der Waals surface area contributed by atoms with Crippen LogP contribution in [0.15, 0.2) is 127 Å². The van der Waals surface area contributed by atoms with Gasteiger partial charge in [0.1, 0.15) is 0 Å². The largest absolute Gasteiger partial charge is 0.335 e. The lowest BCUT2D eigenvalue weighted by molar-refractivity contribution is 0.195. The van der Waals surface area contributed by atoms with Crippen LogP contribution in [0.1, 0.15) is 154 Å². The van der Waals surface area contributed by atoms with E-state index in [0.717, 1.165) is 0 Å². The highest BCUT2D eigenvalue weighted by molar-refractivity contribution is 7.26.